The monoisotopic (exact) mass is 285 g/mol. The summed E-state index contributed by atoms with van der Waals surface area (Å²) in [7, 11) is 4.27. The second-order valence-corrected chi connectivity index (χ2v) is 5.88. The highest BCUT2D eigenvalue weighted by molar-refractivity contribution is 6.24. The van der Waals surface area contributed by atoms with Crippen LogP contribution in [0.4, 0.5) is 0 Å². The van der Waals surface area contributed by atoms with Gasteiger partial charge in [0.05, 0.1) is 22.7 Å². The molecule has 0 saturated heterocycles. The molecule has 0 amide bonds. The minimum absolute atomic E-state index is 1.18. The second-order valence-electron chi connectivity index (χ2n) is 5.88. The van der Waals surface area contributed by atoms with Gasteiger partial charge in [0.2, 0.25) is 0 Å². The number of para-hydroxylation sites is 1. The van der Waals surface area contributed by atoms with Gasteiger partial charge in [0.25, 0.3) is 0 Å². The zero-order chi connectivity index (χ0) is 14.8. The number of hydrogen-bond acceptors (Lipinski definition) is 1. The first-order chi connectivity index (χ1) is 10.8. The SMILES string of the molecule is Cn1c2cnccc2c2c1ccc1c3ccccc3n(C)c12. The Labute approximate surface area is 127 Å². The van der Waals surface area contributed by atoms with Crippen molar-refractivity contribution in [2.24, 2.45) is 14.1 Å². The third-order valence-electron chi connectivity index (χ3n) is 4.84. The van der Waals surface area contributed by atoms with E-state index in [4.69, 9.17) is 0 Å². The van der Waals surface area contributed by atoms with Crippen molar-refractivity contribution in [3.8, 4) is 0 Å². The van der Waals surface area contributed by atoms with Crippen molar-refractivity contribution in [1.29, 1.82) is 0 Å². The molecule has 2 aromatic carbocycles. The fraction of sp³-hybridized carbons (Fsp3) is 0.105. The molecule has 5 aromatic rings. The molecular formula is C19H15N3. The van der Waals surface area contributed by atoms with Gasteiger partial charge >= 0.3 is 0 Å². The van der Waals surface area contributed by atoms with Gasteiger partial charge in [-0.3, -0.25) is 4.98 Å². The molecule has 106 valence electrons. The van der Waals surface area contributed by atoms with Gasteiger partial charge < -0.3 is 9.13 Å². The van der Waals surface area contributed by atoms with Crippen molar-refractivity contribution < 1.29 is 0 Å². The van der Waals surface area contributed by atoms with Crippen molar-refractivity contribution in [1.82, 2.24) is 14.1 Å². The lowest BCUT2D eigenvalue weighted by molar-refractivity contribution is 1.00. The Morgan fingerprint density at radius 1 is 0.727 bits per heavy atom. The van der Waals surface area contributed by atoms with E-state index in [1.165, 1.54) is 43.6 Å². The summed E-state index contributed by atoms with van der Waals surface area (Å²) in [4.78, 5) is 4.29. The highest BCUT2D eigenvalue weighted by Crippen LogP contribution is 2.37. The van der Waals surface area contributed by atoms with Crippen molar-refractivity contribution in [2.75, 3.05) is 0 Å². The van der Waals surface area contributed by atoms with Gasteiger partial charge in [-0.05, 0) is 18.2 Å². The Kier molecular flexibility index (Phi) is 2.09. The van der Waals surface area contributed by atoms with E-state index in [-0.39, 0.29) is 0 Å². The topological polar surface area (TPSA) is 22.8 Å². The van der Waals surface area contributed by atoms with E-state index in [9.17, 15) is 0 Å². The van der Waals surface area contributed by atoms with Crippen LogP contribution >= 0.6 is 0 Å². The molecule has 3 nitrogen and oxygen atoms in total. The Balaban J connectivity index is 2.20. The van der Waals surface area contributed by atoms with Gasteiger partial charge in [-0.25, -0.2) is 0 Å². The molecule has 3 aromatic heterocycles. The molecule has 0 N–H and O–H groups in total. The maximum absolute atomic E-state index is 4.29. The number of aromatic nitrogens is 3. The Bertz CT molecular complexity index is 1190. The lowest BCUT2D eigenvalue weighted by Gasteiger charge is -2.01. The van der Waals surface area contributed by atoms with Gasteiger partial charge in [0.15, 0.2) is 0 Å². The van der Waals surface area contributed by atoms with E-state index in [1.807, 2.05) is 12.4 Å². The van der Waals surface area contributed by atoms with Crippen LogP contribution in [-0.2, 0) is 14.1 Å². The van der Waals surface area contributed by atoms with E-state index in [2.05, 4.69) is 70.7 Å². The maximum Gasteiger partial charge on any atom is 0.0675 e. The first-order valence-corrected chi connectivity index (χ1v) is 7.45. The van der Waals surface area contributed by atoms with Crippen molar-refractivity contribution >= 4 is 43.6 Å². The smallest absolute Gasteiger partial charge is 0.0675 e. The van der Waals surface area contributed by atoms with Gasteiger partial charge in [0, 0.05) is 47.4 Å². The molecule has 0 radical (unpaired) electrons. The average molecular weight is 285 g/mol. The molecule has 0 aliphatic carbocycles. The van der Waals surface area contributed by atoms with Crippen molar-refractivity contribution in [3.63, 3.8) is 0 Å². The molecule has 0 fully saturated rings. The Morgan fingerprint density at radius 2 is 1.59 bits per heavy atom. The molecule has 3 heteroatoms. The van der Waals surface area contributed by atoms with E-state index >= 15 is 0 Å². The lowest BCUT2D eigenvalue weighted by Crippen LogP contribution is -1.88. The Hall–Kier alpha value is -2.81. The largest absolute Gasteiger partial charge is 0.343 e. The van der Waals surface area contributed by atoms with E-state index in [1.54, 1.807) is 0 Å². The van der Waals surface area contributed by atoms with E-state index in [0.29, 0.717) is 0 Å². The molecule has 0 saturated carbocycles. The molecule has 0 bridgehead atoms. The van der Waals surface area contributed by atoms with Crippen LogP contribution in [0.3, 0.4) is 0 Å². The number of pyridine rings is 1. The third-order valence-corrected chi connectivity index (χ3v) is 4.84. The van der Waals surface area contributed by atoms with Crippen LogP contribution in [0.15, 0.2) is 54.9 Å². The second kappa shape index (κ2) is 3.89. The minimum atomic E-state index is 1.18. The summed E-state index contributed by atoms with van der Waals surface area (Å²) < 4.78 is 4.54. The summed E-state index contributed by atoms with van der Waals surface area (Å²) in [6, 6.07) is 15.2. The van der Waals surface area contributed by atoms with Crippen LogP contribution in [0.1, 0.15) is 0 Å². The fourth-order valence-electron chi connectivity index (χ4n) is 3.80. The van der Waals surface area contributed by atoms with Crippen LogP contribution in [-0.4, -0.2) is 14.1 Å². The first-order valence-electron chi connectivity index (χ1n) is 7.45. The van der Waals surface area contributed by atoms with Crippen molar-refractivity contribution in [3.05, 3.63) is 54.9 Å². The predicted molar refractivity (Wildman–Crippen MR) is 92.2 cm³/mol. The number of nitrogens with zero attached hydrogens (tertiary/aromatic N) is 3. The number of rotatable bonds is 0. The number of benzene rings is 2. The van der Waals surface area contributed by atoms with Gasteiger partial charge in [0.1, 0.15) is 0 Å². The normalized spacial score (nSPS) is 12.1. The van der Waals surface area contributed by atoms with Crippen LogP contribution < -0.4 is 0 Å². The lowest BCUT2D eigenvalue weighted by atomic mass is 10.1. The summed E-state index contributed by atoms with van der Waals surface area (Å²) in [5.74, 6) is 0. The number of aryl methyl sites for hydroxylation is 2. The van der Waals surface area contributed by atoms with Crippen LogP contribution in [0.5, 0.6) is 0 Å². The molecular weight excluding hydrogens is 270 g/mol. The minimum Gasteiger partial charge on any atom is -0.343 e. The standard InChI is InChI=1S/C19H15N3/c1-21-16-8-7-13-12-5-3-4-6-15(12)22(2)19(13)18(16)14-9-10-20-11-17(14)21/h3-11H,1-2H3. The number of hydrogen-bond donors (Lipinski definition) is 0. The quantitative estimate of drug-likeness (QED) is 0.414. The molecule has 0 unspecified atom stereocenters. The average Bonchev–Trinajstić information content (AvgIpc) is 3.02. The highest BCUT2D eigenvalue weighted by Gasteiger charge is 2.16. The molecule has 5 rings (SSSR count). The summed E-state index contributed by atoms with van der Waals surface area (Å²) in [6.45, 7) is 0. The molecule has 0 aliphatic rings. The molecule has 0 spiro atoms. The Morgan fingerprint density at radius 3 is 2.50 bits per heavy atom. The zero-order valence-corrected chi connectivity index (χ0v) is 12.5. The van der Waals surface area contributed by atoms with E-state index in [0.717, 1.165) is 0 Å². The summed E-state index contributed by atoms with van der Waals surface area (Å²) in [6.07, 6.45) is 3.83. The van der Waals surface area contributed by atoms with Crippen LogP contribution in [0, 0.1) is 0 Å². The highest BCUT2D eigenvalue weighted by atomic mass is 15.0. The molecule has 22 heavy (non-hydrogen) atoms. The third kappa shape index (κ3) is 1.24. The summed E-state index contributed by atoms with van der Waals surface area (Å²) >= 11 is 0. The first kappa shape index (κ1) is 11.8. The summed E-state index contributed by atoms with van der Waals surface area (Å²) in [5.41, 5.74) is 5.00. The van der Waals surface area contributed by atoms with Gasteiger partial charge in [-0.1, -0.05) is 24.3 Å². The fourth-order valence-corrected chi connectivity index (χ4v) is 3.80. The summed E-state index contributed by atoms with van der Waals surface area (Å²) in [5, 5.41) is 5.21. The van der Waals surface area contributed by atoms with Crippen LogP contribution in [0.25, 0.3) is 43.6 Å². The number of fused-ring (bicyclic) bond motifs is 7. The molecule has 0 aliphatic heterocycles. The van der Waals surface area contributed by atoms with Gasteiger partial charge in [-0.15, -0.1) is 0 Å². The van der Waals surface area contributed by atoms with Gasteiger partial charge in [-0.2, -0.15) is 0 Å². The van der Waals surface area contributed by atoms with Crippen molar-refractivity contribution in [2.45, 2.75) is 0 Å². The van der Waals surface area contributed by atoms with E-state index < -0.39 is 0 Å². The predicted octanol–water partition coefficient (Wildman–Crippen LogP) is 4.37. The van der Waals surface area contributed by atoms with Crippen LogP contribution in [0.2, 0.25) is 0 Å². The molecule has 3 heterocycles. The zero-order valence-electron chi connectivity index (χ0n) is 12.5. The molecule has 0 atom stereocenters. The maximum atomic E-state index is 4.29.